The lowest BCUT2D eigenvalue weighted by Gasteiger charge is -2.35. The van der Waals surface area contributed by atoms with Gasteiger partial charge in [-0.1, -0.05) is 0 Å². The molecule has 23 heavy (non-hydrogen) atoms. The van der Waals surface area contributed by atoms with Crippen LogP contribution >= 0.6 is 0 Å². The van der Waals surface area contributed by atoms with Crippen LogP contribution in [0.15, 0.2) is 23.1 Å². The zero-order chi connectivity index (χ0) is 16.8. The maximum absolute atomic E-state index is 12.9. The Morgan fingerprint density at radius 1 is 1.30 bits per heavy atom. The van der Waals surface area contributed by atoms with Gasteiger partial charge in [-0.3, -0.25) is 4.79 Å². The zero-order valence-corrected chi connectivity index (χ0v) is 14.0. The van der Waals surface area contributed by atoms with E-state index in [1.165, 1.54) is 4.31 Å². The van der Waals surface area contributed by atoms with Crippen molar-refractivity contribution in [3.05, 3.63) is 23.8 Å². The first kappa shape index (κ1) is 16.3. The third kappa shape index (κ3) is 2.95. The molecule has 2 aliphatic rings. The molecule has 3 unspecified atom stereocenters. The summed E-state index contributed by atoms with van der Waals surface area (Å²) < 4.78 is 32.8. The number of nitrogens with zero attached hydrogens (tertiary/aromatic N) is 1. The number of carbonyl (C=O) groups is 1. The highest BCUT2D eigenvalue weighted by Gasteiger charge is 2.37. The lowest BCUT2D eigenvalue weighted by Crippen LogP contribution is -2.47. The van der Waals surface area contributed by atoms with E-state index in [0.717, 1.165) is 11.3 Å². The number of aliphatic carboxylic acids is 1. The predicted molar refractivity (Wildman–Crippen MR) is 83.9 cm³/mol. The highest BCUT2D eigenvalue weighted by Crippen LogP contribution is 2.33. The van der Waals surface area contributed by atoms with Crippen molar-refractivity contribution in [2.24, 2.45) is 5.92 Å². The third-order valence-electron chi connectivity index (χ3n) is 4.65. The van der Waals surface area contributed by atoms with Crippen molar-refractivity contribution in [3.63, 3.8) is 0 Å². The van der Waals surface area contributed by atoms with E-state index in [2.05, 4.69) is 0 Å². The van der Waals surface area contributed by atoms with Gasteiger partial charge in [0.15, 0.2) is 0 Å². The molecule has 1 aromatic rings. The molecule has 126 valence electrons. The number of rotatable bonds is 3. The number of carboxylic acid groups (broad SMARTS) is 1. The summed E-state index contributed by atoms with van der Waals surface area (Å²) in [7, 11) is -3.70. The third-order valence-corrected chi connectivity index (χ3v) is 6.62. The van der Waals surface area contributed by atoms with Crippen LogP contribution < -0.4 is 4.74 Å². The minimum Gasteiger partial charge on any atom is -0.490 e. The monoisotopic (exact) mass is 339 g/mol. The second kappa shape index (κ2) is 5.79. The van der Waals surface area contributed by atoms with Gasteiger partial charge in [0.05, 0.1) is 10.8 Å². The maximum Gasteiger partial charge on any atom is 0.307 e. The fraction of sp³-hybridized carbons (Fsp3) is 0.562. The van der Waals surface area contributed by atoms with E-state index in [1.807, 2.05) is 13.8 Å². The second-order valence-electron chi connectivity index (χ2n) is 6.44. The van der Waals surface area contributed by atoms with E-state index in [4.69, 9.17) is 4.74 Å². The number of fused-ring (bicyclic) bond motifs is 1. The molecule has 6 nitrogen and oxygen atoms in total. The van der Waals surface area contributed by atoms with Gasteiger partial charge >= 0.3 is 5.97 Å². The lowest BCUT2D eigenvalue weighted by molar-refractivity contribution is -0.143. The summed E-state index contributed by atoms with van der Waals surface area (Å²) in [5, 5.41) is 9.20. The molecule has 2 aliphatic heterocycles. The Bertz CT molecular complexity index is 730. The fourth-order valence-electron chi connectivity index (χ4n) is 3.31. The number of carboxylic acids is 1. The Balaban J connectivity index is 1.92. The zero-order valence-electron chi connectivity index (χ0n) is 13.2. The quantitative estimate of drug-likeness (QED) is 0.909. The van der Waals surface area contributed by atoms with Crippen molar-refractivity contribution < 1.29 is 23.1 Å². The molecule has 1 fully saturated rings. The molecule has 0 saturated carbocycles. The molecule has 0 spiro atoms. The minimum atomic E-state index is -3.70. The molecule has 0 aliphatic carbocycles. The number of sulfonamides is 1. The average molecular weight is 339 g/mol. The van der Waals surface area contributed by atoms with Crippen molar-refractivity contribution in [2.75, 3.05) is 6.54 Å². The fourth-order valence-corrected chi connectivity index (χ4v) is 5.06. The first-order valence-electron chi connectivity index (χ1n) is 7.83. The van der Waals surface area contributed by atoms with Crippen molar-refractivity contribution in [3.8, 4) is 5.75 Å². The predicted octanol–water partition coefficient (Wildman–Crippen LogP) is 1.88. The minimum absolute atomic E-state index is 0.0306. The van der Waals surface area contributed by atoms with Gasteiger partial charge in [-0.05, 0) is 50.5 Å². The van der Waals surface area contributed by atoms with Gasteiger partial charge in [-0.15, -0.1) is 0 Å². The van der Waals surface area contributed by atoms with E-state index in [0.29, 0.717) is 19.3 Å². The number of hydrogen-bond donors (Lipinski definition) is 1. The summed E-state index contributed by atoms with van der Waals surface area (Å²) in [6.45, 7) is 3.80. The van der Waals surface area contributed by atoms with Crippen LogP contribution in [0.1, 0.15) is 32.3 Å². The van der Waals surface area contributed by atoms with Crippen LogP contribution in [0.2, 0.25) is 0 Å². The van der Waals surface area contributed by atoms with Crippen molar-refractivity contribution in [2.45, 2.75) is 50.2 Å². The van der Waals surface area contributed by atoms with E-state index >= 15 is 0 Å². The average Bonchev–Trinajstić information content (AvgIpc) is 2.86. The number of piperidine rings is 1. The highest BCUT2D eigenvalue weighted by atomic mass is 32.2. The van der Waals surface area contributed by atoms with Gasteiger partial charge in [0.1, 0.15) is 11.9 Å². The summed E-state index contributed by atoms with van der Waals surface area (Å²) in [5.74, 6) is -0.849. The largest absolute Gasteiger partial charge is 0.490 e. The molecule has 3 rings (SSSR count). The van der Waals surface area contributed by atoms with Crippen LogP contribution in [0.5, 0.6) is 5.75 Å². The van der Waals surface area contributed by atoms with Crippen molar-refractivity contribution >= 4 is 16.0 Å². The van der Waals surface area contributed by atoms with Gasteiger partial charge in [0, 0.05) is 19.0 Å². The molecule has 0 radical (unpaired) electrons. The normalized spacial score (nSPS) is 28.2. The van der Waals surface area contributed by atoms with Crippen LogP contribution in [0.25, 0.3) is 0 Å². The summed E-state index contributed by atoms with van der Waals surface area (Å²) in [4.78, 5) is 11.4. The summed E-state index contributed by atoms with van der Waals surface area (Å²) >= 11 is 0. The van der Waals surface area contributed by atoms with Gasteiger partial charge in [0.2, 0.25) is 10.0 Å². The summed E-state index contributed by atoms with van der Waals surface area (Å²) in [6.07, 6.45) is 1.80. The first-order valence-corrected chi connectivity index (χ1v) is 9.27. The topological polar surface area (TPSA) is 83.9 Å². The second-order valence-corrected chi connectivity index (χ2v) is 8.33. The Kier molecular flexibility index (Phi) is 4.10. The van der Waals surface area contributed by atoms with Crippen LogP contribution in [0, 0.1) is 5.92 Å². The molecule has 1 N–H and O–H groups in total. The number of ether oxygens (including phenoxy) is 1. The Morgan fingerprint density at radius 2 is 2.04 bits per heavy atom. The molecule has 0 aromatic heterocycles. The molecule has 2 heterocycles. The van der Waals surface area contributed by atoms with E-state index < -0.39 is 21.9 Å². The van der Waals surface area contributed by atoms with Gasteiger partial charge in [0.25, 0.3) is 0 Å². The Labute approximate surface area is 136 Å². The maximum atomic E-state index is 12.9. The summed E-state index contributed by atoms with van der Waals surface area (Å²) in [5.41, 5.74) is 0.887. The number of benzene rings is 1. The SMILES string of the molecule is CC1Cc2cc(S(=O)(=O)N3CC(C(=O)O)CCC3C)ccc2O1. The molecule has 0 amide bonds. The molecular weight excluding hydrogens is 318 g/mol. The van der Waals surface area contributed by atoms with Crippen LogP contribution in [0.4, 0.5) is 0 Å². The van der Waals surface area contributed by atoms with Crippen LogP contribution in [0.3, 0.4) is 0 Å². The molecule has 0 bridgehead atoms. The molecule has 7 heteroatoms. The molecule has 1 aromatic carbocycles. The van der Waals surface area contributed by atoms with Gasteiger partial charge < -0.3 is 9.84 Å². The van der Waals surface area contributed by atoms with Crippen LogP contribution in [-0.4, -0.2) is 42.5 Å². The van der Waals surface area contributed by atoms with Gasteiger partial charge in [-0.25, -0.2) is 8.42 Å². The Morgan fingerprint density at radius 3 is 2.74 bits per heavy atom. The molecular formula is C16H21NO5S. The summed E-state index contributed by atoms with van der Waals surface area (Å²) in [6, 6.07) is 4.70. The Hall–Kier alpha value is -1.60. The van der Waals surface area contributed by atoms with E-state index in [9.17, 15) is 18.3 Å². The van der Waals surface area contributed by atoms with E-state index in [1.54, 1.807) is 18.2 Å². The van der Waals surface area contributed by atoms with Crippen molar-refractivity contribution in [1.82, 2.24) is 4.31 Å². The lowest BCUT2D eigenvalue weighted by atomic mass is 9.96. The highest BCUT2D eigenvalue weighted by molar-refractivity contribution is 7.89. The standard InChI is InChI=1S/C16H21NO5S/c1-10-3-4-12(16(18)19)9-17(10)23(20,21)14-5-6-15-13(8-14)7-11(2)22-15/h5-6,8,10-12H,3-4,7,9H2,1-2H3,(H,18,19). The smallest absolute Gasteiger partial charge is 0.307 e. The number of hydrogen-bond acceptors (Lipinski definition) is 4. The van der Waals surface area contributed by atoms with E-state index in [-0.39, 0.29) is 23.6 Å². The first-order chi connectivity index (χ1) is 10.8. The molecule has 3 atom stereocenters. The molecule has 1 saturated heterocycles. The van der Waals surface area contributed by atoms with Gasteiger partial charge in [-0.2, -0.15) is 4.31 Å². The van der Waals surface area contributed by atoms with Crippen molar-refractivity contribution in [1.29, 1.82) is 0 Å². The van der Waals surface area contributed by atoms with Crippen LogP contribution in [-0.2, 0) is 21.2 Å².